The van der Waals surface area contributed by atoms with Gasteiger partial charge in [0.15, 0.2) is 0 Å². The van der Waals surface area contributed by atoms with Crippen molar-refractivity contribution >= 4 is 16.0 Å². The number of carboxylic acid groups (broad SMARTS) is 1. The molecule has 2 N–H and O–H groups in total. The molecule has 0 fully saturated rings. The number of benzene rings is 1. The van der Waals surface area contributed by atoms with E-state index in [0.717, 1.165) is 6.07 Å². The van der Waals surface area contributed by atoms with Crippen LogP contribution in [0, 0.1) is 12.7 Å². The maximum Gasteiger partial charge on any atom is 0.321 e. The minimum absolute atomic E-state index is 0.141. The van der Waals surface area contributed by atoms with E-state index >= 15 is 0 Å². The first-order chi connectivity index (χ1) is 8.79. The van der Waals surface area contributed by atoms with Gasteiger partial charge in [-0.2, -0.15) is 4.72 Å². The molecule has 0 aromatic heterocycles. The molecule has 1 atom stereocenters. The van der Waals surface area contributed by atoms with E-state index in [0.29, 0.717) is 6.42 Å². The molecule has 0 saturated carbocycles. The summed E-state index contributed by atoms with van der Waals surface area (Å²) in [6.07, 6.45) is 0.637. The van der Waals surface area contributed by atoms with Gasteiger partial charge in [0.25, 0.3) is 0 Å². The highest BCUT2D eigenvalue weighted by molar-refractivity contribution is 7.89. The highest BCUT2D eigenvalue weighted by atomic mass is 32.2. The first-order valence-corrected chi connectivity index (χ1v) is 7.28. The summed E-state index contributed by atoms with van der Waals surface area (Å²) in [7, 11) is -4.19. The van der Waals surface area contributed by atoms with E-state index in [4.69, 9.17) is 5.11 Å². The standard InChI is InChI=1S/C12H16FNO4S/c1-3-5-9(12(15)16)14-19(17,18)10-7-4-6-8(2)11(10)13/h4,6-7,9,14H,3,5H2,1-2H3,(H,15,16). The van der Waals surface area contributed by atoms with Crippen LogP contribution in [-0.2, 0) is 14.8 Å². The number of nitrogens with one attached hydrogen (secondary N) is 1. The van der Waals surface area contributed by atoms with Crippen molar-refractivity contribution in [3.05, 3.63) is 29.6 Å². The van der Waals surface area contributed by atoms with E-state index in [2.05, 4.69) is 0 Å². The summed E-state index contributed by atoms with van der Waals surface area (Å²) in [5.74, 6) is -2.14. The highest BCUT2D eigenvalue weighted by Gasteiger charge is 2.27. The van der Waals surface area contributed by atoms with Gasteiger partial charge in [0.05, 0.1) is 0 Å². The smallest absolute Gasteiger partial charge is 0.321 e. The Bertz CT molecular complexity index is 571. The number of sulfonamides is 1. The van der Waals surface area contributed by atoms with E-state index in [1.54, 1.807) is 6.92 Å². The second kappa shape index (κ2) is 6.12. The number of aryl methyl sites for hydroxylation is 1. The molecule has 0 bridgehead atoms. The molecule has 0 saturated heterocycles. The monoisotopic (exact) mass is 289 g/mol. The Morgan fingerprint density at radius 3 is 2.63 bits per heavy atom. The Labute approximate surface area is 111 Å². The van der Waals surface area contributed by atoms with Crippen LogP contribution in [0.3, 0.4) is 0 Å². The molecule has 7 heteroatoms. The predicted molar refractivity (Wildman–Crippen MR) is 67.8 cm³/mol. The maximum absolute atomic E-state index is 13.8. The SMILES string of the molecule is CCCC(NS(=O)(=O)c1cccc(C)c1F)C(=O)O. The lowest BCUT2D eigenvalue weighted by molar-refractivity contribution is -0.139. The predicted octanol–water partition coefficient (Wildman–Crippen LogP) is 1.67. The summed E-state index contributed by atoms with van der Waals surface area (Å²) >= 11 is 0. The summed E-state index contributed by atoms with van der Waals surface area (Å²) in [6.45, 7) is 3.17. The fourth-order valence-corrected chi connectivity index (χ4v) is 2.98. The van der Waals surface area contributed by atoms with E-state index in [1.807, 2.05) is 4.72 Å². The molecule has 1 unspecified atom stereocenters. The van der Waals surface area contributed by atoms with Crippen molar-refractivity contribution in [1.29, 1.82) is 0 Å². The fourth-order valence-electron chi connectivity index (χ4n) is 1.60. The summed E-state index contributed by atoms with van der Waals surface area (Å²) in [5, 5.41) is 8.92. The Morgan fingerprint density at radius 1 is 1.47 bits per heavy atom. The summed E-state index contributed by atoms with van der Waals surface area (Å²) < 4.78 is 39.7. The maximum atomic E-state index is 13.8. The molecule has 5 nitrogen and oxygen atoms in total. The van der Waals surface area contributed by atoms with Crippen LogP contribution in [0.5, 0.6) is 0 Å². The molecule has 106 valence electrons. The Hall–Kier alpha value is -1.47. The molecule has 0 aliphatic rings. The van der Waals surface area contributed by atoms with Crippen molar-refractivity contribution in [3.63, 3.8) is 0 Å². The third-order valence-electron chi connectivity index (χ3n) is 2.62. The quantitative estimate of drug-likeness (QED) is 0.834. The van der Waals surface area contributed by atoms with E-state index in [9.17, 15) is 17.6 Å². The zero-order valence-corrected chi connectivity index (χ0v) is 11.5. The molecule has 0 spiro atoms. The normalized spacial score (nSPS) is 13.2. The number of halogens is 1. The molecular weight excluding hydrogens is 273 g/mol. The van der Waals surface area contributed by atoms with Gasteiger partial charge in [0.2, 0.25) is 10.0 Å². The Morgan fingerprint density at radius 2 is 2.11 bits per heavy atom. The van der Waals surface area contributed by atoms with E-state index in [1.165, 1.54) is 19.1 Å². The van der Waals surface area contributed by atoms with Gasteiger partial charge < -0.3 is 5.11 Å². The van der Waals surface area contributed by atoms with Crippen LogP contribution in [0.2, 0.25) is 0 Å². The molecule has 0 aliphatic heterocycles. The molecule has 1 aromatic carbocycles. The van der Waals surface area contributed by atoms with Crippen molar-refractivity contribution in [1.82, 2.24) is 4.72 Å². The van der Waals surface area contributed by atoms with Gasteiger partial charge in [-0.25, -0.2) is 12.8 Å². The van der Waals surface area contributed by atoms with Gasteiger partial charge in [0, 0.05) is 0 Å². The average Bonchev–Trinajstić information content (AvgIpc) is 2.31. The van der Waals surface area contributed by atoms with Gasteiger partial charge in [-0.3, -0.25) is 4.79 Å². The second-order valence-electron chi connectivity index (χ2n) is 4.19. The third kappa shape index (κ3) is 3.74. The van der Waals surface area contributed by atoms with Crippen molar-refractivity contribution in [3.8, 4) is 0 Å². The molecule has 0 radical (unpaired) electrons. The van der Waals surface area contributed by atoms with Crippen molar-refractivity contribution in [2.45, 2.75) is 37.6 Å². The summed E-state index contributed by atoms with van der Waals surface area (Å²) in [5.41, 5.74) is 0.185. The van der Waals surface area contributed by atoms with Crippen molar-refractivity contribution in [2.24, 2.45) is 0 Å². The Kier molecular flexibility index (Phi) is 5.02. The molecule has 0 heterocycles. The van der Waals surface area contributed by atoms with Gasteiger partial charge in [-0.15, -0.1) is 0 Å². The van der Waals surface area contributed by atoms with Crippen LogP contribution in [0.1, 0.15) is 25.3 Å². The topological polar surface area (TPSA) is 83.5 Å². The lowest BCUT2D eigenvalue weighted by Gasteiger charge is -2.14. The minimum Gasteiger partial charge on any atom is -0.480 e. The van der Waals surface area contributed by atoms with Crippen LogP contribution in [0.15, 0.2) is 23.1 Å². The van der Waals surface area contributed by atoms with Crippen molar-refractivity contribution in [2.75, 3.05) is 0 Å². The van der Waals surface area contributed by atoms with Gasteiger partial charge in [-0.05, 0) is 25.0 Å². The van der Waals surface area contributed by atoms with E-state index in [-0.39, 0.29) is 12.0 Å². The first kappa shape index (κ1) is 15.6. The molecular formula is C12H16FNO4S. The van der Waals surface area contributed by atoms with Gasteiger partial charge >= 0.3 is 5.97 Å². The van der Waals surface area contributed by atoms with Crippen molar-refractivity contribution < 1.29 is 22.7 Å². The van der Waals surface area contributed by atoms with Crippen LogP contribution in [-0.4, -0.2) is 25.5 Å². The zero-order chi connectivity index (χ0) is 14.6. The summed E-state index contributed by atoms with van der Waals surface area (Å²) in [4.78, 5) is 10.4. The largest absolute Gasteiger partial charge is 0.480 e. The molecule has 19 heavy (non-hydrogen) atoms. The first-order valence-electron chi connectivity index (χ1n) is 5.80. The zero-order valence-electron chi connectivity index (χ0n) is 10.7. The lowest BCUT2D eigenvalue weighted by Crippen LogP contribution is -2.40. The van der Waals surface area contributed by atoms with Crippen LogP contribution < -0.4 is 4.72 Å². The highest BCUT2D eigenvalue weighted by Crippen LogP contribution is 2.18. The molecule has 0 aliphatic carbocycles. The van der Waals surface area contributed by atoms with Gasteiger partial charge in [0.1, 0.15) is 16.8 Å². The second-order valence-corrected chi connectivity index (χ2v) is 5.87. The fraction of sp³-hybridized carbons (Fsp3) is 0.417. The number of hydrogen-bond donors (Lipinski definition) is 2. The molecule has 1 rings (SSSR count). The van der Waals surface area contributed by atoms with E-state index < -0.39 is 32.7 Å². The van der Waals surface area contributed by atoms with Crippen LogP contribution in [0.4, 0.5) is 4.39 Å². The van der Waals surface area contributed by atoms with Crippen LogP contribution >= 0.6 is 0 Å². The third-order valence-corrected chi connectivity index (χ3v) is 4.11. The number of carboxylic acids is 1. The summed E-state index contributed by atoms with van der Waals surface area (Å²) in [6, 6.07) is 2.70. The number of rotatable bonds is 6. The Balaban J connectivity index is 3.10. The number of aliphatic carboxylic acids is 1. The van der Waals surface area contributed by atoms with Crippen LogP contribution in [0.25, 0.3) is 0 Å². The number of carbonyl (C=O) groups is 1. The molecule has 1 aromatic rings. The average molecular weight is 289 g/mol. The van der Waals surface area contributed by atoms with Gasteiger partial charge in [-0.1, -0.05) is 25.5 Å². The number of hydrogen-bond acceptors (Lipinski definition) is 3. The lowest BCUT2D eigenvalue weighted by atomic mass is 10.2. The minimum atomic E-state index is -4.19. The molecule has 0 amide bonds.